The maximum Gasteiger partial charge on any atom is 0.137 e. The topological polar surface area (TPSA) is 70.6 Å². The molecule has 0 radical (unpaired) electrons. The highest BCUT2D eigenvalue weighted by atomic mass is 15.3. The highest BCUT2D eigenvalue weighted by Crippen LogP contribution is 2.25. The van der Waals surface area contributed by atoms with Gasteiger partial charge < -0.3 is 4.90 Å². The molecule has 1 aromatic carbocycles. The van der Waals surface area contributed by atoms with Crippen LogP contribution in [0.1, 0.15) is 18.4 Å². The first-order chi connectivity index (χ1) is 11.8. The molecule has 0 unspecified atom stereocenters. The van der Waals surface area contributed by atoms with Crippen molar-refractivity contribution in [3.05, 3.63) is 48.5 Å². The number of anilines is 1. The van der Waals surface area contributed by atoms with Gasteiger partial charge in [0.2, 0.25) is 0 Å². The van der Waals surface area contributed by atoms with E-state index in [1.165, 1.54) is 6.42 Å². The van der Waals surface area contributed by atoms with E-state index in [1.807, 2.05) is 22.9 Å². The number of nitriles is 1. The van der Waals surface area contributed by atoms with Gasteiger partial charge in [-0.15, -0.1) is 0 Å². The maximum absolute atomic E-state index is 9.00. The molecule has 4 rings (SSSR count). The fourth-order valence-electron chi connectivity index (χ4n) is 3.37. The molecule has 120 valence electrons. The molecule has 24 heavy (non-hydrogen) atoms. The molecule has 0 N–H and O–H groups in total. The van der Waals surface area contributed by atoms with E-state index < -0.39 is 0 Å². The van der Waals surface area contributed by atoms with Gasteiger partial charge in [0.1, 0.15) is 18.5 Å². The highest BCUT2D eigenvalue weighted by Gasteiger charge is 2.21. The van der Waals surface area contributed by atoms with E-state index in [9.17, 15) is 0 Å². The third kappa shape index (κ3) is 2.93. The van der Waals surface area contributed by atoms with Crippen LogP contribution in [0.4, 0.5) is 5.82 Å². The molecule has 0 amide bonds. The Hall–Kier alpha value is -2.94. The summed E-state index contributed by atoms with van der Waals surface area (Å²) in [5.41, 5.74) is 1.60. The molecule has 3 aromatic rings. The molecule has 0 saturated carbocycles. The molecular weight excluding hydrogens is 300 g/mol. The maximum atomic E-state index is 9.00. The molecule has 6 nitrogen and oxygen atoms in total. The molecule has 1 saturated heterocycles. The van der Waals surface area contributed by atoms with Crippen molar-refractivity contribution in [3.63, 3.8) is 0 Å². The molecule has 1 fully saturated rings. The van der Waals surface area contributed by atoms with Crippen LogP contribution in [0.15, 0.2) is 43.0 Å². The lowest BCUT2D eigenvalue weighted by molar-refractivity contribution is 0.350. The Balaban J connectivity index is 1.54. The fourth-order valence-corrected chi connectivity index (χ4v) is 3.37. The zero-order chi connectivity index (χ0) is 16.4. The number of rotatable bonds is 3. The Morgan fingerprint density at radius 2 is 2.21 bits per heavy atom. The second kappa shape index (κ2) is 6.28. The Kier molecular flexibility index (Phi) is 3.83. The van der Waals surface area contributed by atoms with Gasteiger partial charge in [0, 0.05) is 25.0 Å². The zero-order valence-electron chi connectivity index (χ0n) is 13.3. The van der Waals surface area contributed by atoms with E-state index in [2.05, 4.69) is 33.2 Å². The monoisotopic (exact) mass is 318 g/mol. The lowest BCUT2D eigenvalue weighted by Gasteiger charge is -2.33. The summed E-state index contributed by atoms with van der Waals surface area (Å²) in [7, 11) is 0. The Labute approximate surface area is 140 Å². The van der Waals surface area contributed by atoms with Crippen molar-refractivity contribution in [1.82, 2.24) is 19.7 Å². The number of benzene rings is 1. The summed E-state index contributed by atoms with van der Waals surface area (Å²) in [6.07, 6.45) is 5.73. The van der Waals surface area contributed by atoms with E-state index in [0.717, 1.165) is 42.8 Å². The van der Waals surface area contributed by atoms with E-state index >= 15 is 0 Å². The summed E-state index contributed by atoms with van der Waals surface area (Å²) in [6.45, 7) is 2.91. The lowest BCUT2D eigenvalue weighted by Crippen LogP contribution is -2.37. The number of hydrogen-bond acceptors (Lipinski definition) is 5. The van der Waals surface area contributed by atoms with Crippen LogP contribution in [0.2, 0.25) is 0 Å². The van der Waals surface area contributed by atoms with Crippen molar-refractivity contribution in [2.24, 2.45) is 5.92 Å². The molecule has 0 spiro atoms. The Bertz CT molecular complexity index is 880. The van der Waals surface area contributed by atoms with E-state index in [0.29, 0.717) is 11.5 Å². The molecule has 2 aromatic heterocycles. The number of hydrogen-bond donors (Lipinski definition) is 0. The van der Waals surface area contributed by atoms with Crippen LogP contribution in [-0.2, 0) is 6.54 Å². The van der Waals surface area contributed by atoms with E-state index in [1.54, 1.807) is 12.7 Å². The second-order valence-electron chi connectivity index (χ2n) is 6.26. The summed E-state index contributed by atoms with van der Waals surface area (Å²) in [5.74, 6) is 1.56. The predicted octanol–water partition coefficient (Wildman–Crippen LogP) is 2.61. The van der Waals surface area contributed by atoms with Gasteiger partial charge in [-0.3, -0.25) is 4.68 Å². The predicted molar refractivity (Wildman–Crippen MR) is 91.4 cm³/mol. The summed E-state index contributed by atoms with van der Waals surface area (Å²) >= 11 is 0. The summed E-state index contributed by atoms with van der Waals surface area (Å²) in [4.78, 5) is 11.2. The van der Waals surface area contributed by atoms with Gasteiger partial charge in [0.25, 0.3) is 0 Å². The minimum absolute atomic E-state index is 0.555. The van der Waals surface area contributed by atoms with Gasteiger partial charge in [-0.1, -0.05) is 0 Å². The van der Waals surface area contributed by atoms with Crippen molar-refractivity contribution < 1.29 is 0 Å². The van der Waals surface area contributed by atoms with Gasteiger partial charge >= 0.3 is 0 Å². The summed E-state index contributed by atoms with van der Waals surface area (Å²) in [5, 5.41) is 14.2. The molecule has 0 bridgehead atoms. The minimum Gasteiger partial charge on any atom is -0.356 e. The molecule has 6 heteroatoms. The van der Waals surface area contributed by atoms with Crippen LogP contribution >= 0.6 is 0 Å². The minimum atomic E-state index is 0.555. The van der Waals surface area contributed by atoms with E-state index in [-0.39, 0.29) is 0 Å². The first-order valence-corrected chi connectivity index (χ1v) is 8.20. The Morgan fingerprint density at radius 3 is 3.04 bits per heavy atom. The van der Waals surface area contributed by atoms with Gasteiger partial charge in [-0.2, -0.15) is 10.4 Å². The normalized spacial score (nSPS) is 17.8. The lowest BCUT2D eigenvalue weighted by atomic mass is 9.98. The van der Waals surface area contributed by atoms with Gasteiger partial charge in [0.15, 0.2) is 0 Å². The third-order valence-electron chi connectivity index (χ3n) is 4.56. The zero-order valence-corrected chi connectivity index (χ0v) is 13.3. The number of nitrogens with zero attached hydrogens (tertiary/aromatic N) is 6. The molecule has 1 atom stereocenters. The van der Waals surface area contributed by atoms with Gasteiger partial charge in [-0.05, 0) is 49.1 Å². The second-order valence-corrected chi connectivity index (χ2v) is 6.26. The largest absolute Gasteiger partial charge is 0.356 e. The number of piperidine rings is 1. The Morgan fingerprint density at radius 1 is 1.25 bits per heavy atom. The van der Waals surface area contributed by atoms with Crippen molar-refractivity contribution in [2.75, 3.05) is 18.0 Å². The number of pyridine rings is 1. The van der Waals surface area contributed by atoms with Crippen LogP contribution in [0.3, 0.4) is 0 Å². The number of aromatic nitrogens is 4. The first kappa shape index (κ1) is 14.6. The van der Waals surface area contributed by atoms with Gasteiger partial charge in [0.05, 0.1) is 17.1 Å². The first-order valence-electron chi connectivity index (χ1n) is 8.20. The number of fused-ring (bicyclic) bond motifs is 1. The van der Waals surface area contributed by atoms with Crippen LogP contribution < -0.4 is 4.90 Å². The van der Waals surface area contributed by atoms with E-state index in [4.69, 9.17) is 10.2 Å². The molecular formula is C18H18N6. The smallest absolute Gasteiger partial charge is 0.137 e. The molecule has 1 aliphatic heterocycles. The van der Waals surface area contributed by atoms with Crippen molar-refractivity contribution in [3.8, 4) is 6.07 Å². The SMILES string of the molecule is N#Cc1ccc2nc(N3CCC[C@@H](Cn4cncn4)C3)ccc2c1. The van der Waals surface area contributed by atoms with Crippen molar-refractivity contribution in [2.45, 2.75) is 19.4 Å². The third-order valence-corrected chi connectivity index (χ3v) is 4.56. The van der Waals surface area contributed by atoms with Crippen molar-refractivity contribution in [1.29, 1.82) is 5.26 Å². The standard InChI is InChI=1S/C18H18N6/c19-9-14-3-5-17-16(8-14)4-6-18(22-17)23-7-1-2-15(10-23)11-24-13-20-12-21-24/h3-6,8,12-13,15H,1-2,7,10-11H2/t15-/m1/s1. The average molecular weight is 318 g/mol. The highest BCUT2D eigenvalue weighted by molar-refractivity contribution is 5.81. The quantitative estimate of drug-likeness (QED) is 0.742. The summed E-state index contributed by atoms with van der Waals surface area (Å²) in [6, 6.07) is 11.9. The van der Waals surface area contributed by atoms with Crippen LogP contribution in [0, 0.1) is 17.2 Å². The van der Waals surface area contributed by atoms with Crippen molar-refractivity contribution >= 4 is 16.7 Å². The summed E-state index contributed by atoms with van der Waals surface area (Å²) < 4.78 is 1.91. The van der Waals surface area contributed by atoms with Crippen LogP contribution in [0.5, 0.6) is 0 Å². The fraction of sp³-hybridized carbons (Fsp3) is 0.333. The molecule has 0 aliphatic carbocycles. The van der Waals surface area contributed by atoms with Gasteiger partial charge in [-0.25, -0.2) is 9.97 Å². The average Bonchev–Trinajstić information content (AvgIpc) is 3.14. The van der Waals surface area contributed by atoms with Crippen LogP contribution in [-0.4, -0.2) is 32.8 Å². The van der Waals surface area contributed by atoms with Crippen LogP contribution in [0.25, 0.3) is 10.9 Å². The molecule has 3 heterocycles. The molecule has 1 aliphatic rings.